The molecule has 0 radical (unpaired) electrons. The van der Waals surface area contributed by atoms with Crippen molar-refractivity contribution in [2.75, 3.05) is 24.6 Å². The quantitative estimate of drug-likeness (QED) is 0.0711. The van der Waals surface area contributed by atoms with Gasteiger partial charge in [-0.1, -0.05) is 137 Å². The second kappa shape index (κ2) is 28.0. The van der Waals surface area contributed by atoms with Crippen LogP contribution >= 0.6 is 7.26 Å². The lowest BCUT2D eigenvalue weighted by molar-refractivity contribution is 0.562. The number of rotatable bonds is 29. The highest BCUT2D eigenvalue weighted by atomic mass is 31.2. The topological polar surface area (TPSA) is 0 Å². The zero-order valence-electron chi connectivity index (χ0n) is 25.0. The SMILES string of the molecule is CCCCCCCCCCCC[P+](CCCCCCC)(CCCCCCC)CCCCCCC. The smallest absolute Gasteiger partial charge is 0.0594 e. The van der Waals surface area contributed by atoms with Crippen LogP contribution in [-0.4, -0.2) is 24.6 Å². The fourth-order valence-corrected chi connectivity index (χ4v) is 10.7. The van der Waals surface area contributed by atoms with Gasteiger partial charge in [-0.05, 0) is 51.4 Å². The summed E-state index contributed by atoms with van der Waals surface area (Å²) in [4.78, 5) is 0. The van der Waals surface area contributed by atoms with E-state index in [9.17, 15) is 0 Å². The van der Waals surface area contributed by atoms with Crippen molar-refractivity contribution in [3.05, 3.63) is 0 Å². The summed E-state index contributed by atoms with van der Waals surface area (Å²) in [7, 11) is -0.716. The van der Waals surface area contributed by atoms with E-state index in [-0.39, 0.29) is 0 Å². The molecule has 1 heteroatoms. The molecule has 0 amide bonds. The molecule has 0 rings (SSSR count). The highest BCUT2D eigenvalue weighted by Crippen LogP contribution is 2.61. The Labute approximate surface area is 220 Å². The fourth-order valence-electron chi connectivity index (χ4n) is 5.76. The summed E-state index contributed by atoms with van der Waals surface area (Å²) >= 11 is 0. The zero-order chi connectivity index (χ0) is 25.0. The molecule has 0 N–H and O–H groups in total. The molecule has 0 aromatic carbocycles. The Morgan fingerprint density at radius 3 is 0.618 bits per heavy atom. The summed E-state index contributed by atoms with van der Waals surface area (Å²) in [5, 5.41) is 0. The lowest BCUT2D eigenvalue weighted by Gasteiger charge is -2.28. The first-order valence-corrected chi connectivity index (χ1v) is 19.1. The van der Waals surface area contributed by atoms with E-state index in [1.165, 1.54) is 135 Å². The van der Waals surface area contributed by atoms with Gasteiger partial charge < -0.3 is 0 Å². The summed E-state index contributed by atoms with van der Waals surface area (Å²) in [6.07, 6.45) is 43.6. The minimum atomic E-state index is -0.716. The van der Waals surface area contributed by atoms with Crippen molar-refractivity contribution in [2.45, 2.75) is 188 Å². The molecule has 0 aliphatic rings. The zero-order valence-corrected chi connectivity index (χ0v) is 25.8. The van der Waals surface area contributed by atoms with Crippen LogP contribution in [0.4, 0.5) is 0 Å². The van der Waals surface area contributed by atoms with Crippen LogP contribution in [0.2, 0.25) is 0 Å². The standard InChI is InChI=1S/C33H70P/c1-5-9-13-17-18-19-20-21-25-29-33-34(30-26-22-14-10-6-2,31-27-23-15-11-7-3)32-28-24-16-12-8-4/h5-33H2,1-4H3/q+1. The van der Waals surface area contributed by atoms with Gasteiger partial charge in [-0.2, -0.15) is 0 Å². The molecular weight excluding hydrogens is 427 g/mol. The van der Waals surface area contributed by atoms with E-state index in [0.717, 1.165) is 0 Å². The molecule has 0 nitrogen and oxygen atoms in total. The second-order valence-corrected chi connectivity index (χ2v) is 16.1. The molecule has 0 spiro atoms. The first-order valence-electron chi connectivity index (χ1n) is 16.6. The average molecular weight is 498 g/mol. The Bertz CT molecular complexity index is 328. The van der Waals surface area contributed by atoms with E-state index >= 15 is 0 Å². The Kier molecular flexibility index (Phi) is 28.4. The van der Waals surface area contributed by atoms with Gasteiger partial charge in [0, 0.05) is 7.26 Å². The summed E-state index contributed by atoms with van der Waals surface area (Å²) in [5.74, 6) is 0. The second-order valence-electron chi connectivity index (χ2n) is 11.7. The van der Waals surface area contributed by atoms with Gasteiger partial charge in [0.05, 0.1) is 24.6 Å². The number of unbranched alkanes of at least 4 members (excludes halogenated alkanes) is 21. The third-order valence-corrected chi connectivity index (χ3v) is 13.3. The molecule has 0 unspecified atom stereocenters. The molecule has 0 atom stereocenters. The minimum Gasteiger partial charge on any atom is -0.0654 e. The molecule has 0 fully saturated rings. The van der Waals surface area contributed by atoms with Gasteiger partial charge in [0.1, 0.15) is 0 Å². The summed E-state index contributed by atoms with van der Waals surface area (Å²) in [6.45, 7) is 9.39. The third-order valence-electron chi connectivity index (χ3n) is 8.19. The predicted octanol–water partition coefficient (Wildman–Crippen LogP) is 12.8. The first kappa shape index (κ1) is 34.4. The van der Waals surface area contributed by atoms with Crippen LogP contribution in [-0.2, 0) is 0 Å². The van der Waals surface area contributed by atoms with E-state index in [1.54, 1.807) is 50.3 Å². The molecule has 0 saturated heterocycles. The van der Waals surface area contributed by atoms with E-state index in [2.05, 4.69) is 27.7 Å². The first-order chi connectivity index (χ1) is 16.7. The highest BCUT2D eigenvalue weighted by Gasteiger charge is 2.34. The molecular formula is C33H70P+. The van der Waals surface area contributed by atoms with E-state index < -0.39 is 7.26 Å². The van der Waals surface area contributed by atoms with Crippen molar-refractivity contribution in [1.82, 2.24) is 0 Å². The number of hydrogen-bond acceptors (Lipinski definition) is 0. The maximum Gasteiger partial charge on any atom is 0.0594 e. The van der Waals surface area contributed by atoms with Gasteiger partial charge in [-0.3, -0.25) is 0 Å². The maximum absolute atomic E-state index is 2.36. The van der Waals surface area contributed by atoms with E-state index in [0.29, 0.717) is 0 Å². The Balaban J connectivity index is 4.59. The van der Waals surface area contributed by atoms with E-state index in [1.807, 2.05) is 0 Å². The van der Waals surface area contributed by atoms with Crippen molar-refractivity contribution >= 4 is 7.26 Å². The Morgan fingerprint density at radius 2 is 0.412 bits per heavy atom. The van der Waals surface area contributed by atoms with Gasteiger partial charge in [-0.25, -0.2) is 0 Å². The summed E-state index contributed by atoms with van der Waals surface area (Å²) in [5.41, 5.74) is 0. The van der Waals surface area contributed by atoms with Crippen molar-refractivity contribution in [3.63, 3.8) is 0 Å². The fraction of sp³-hybridized carbons (Fsp3) is 1.00. The van der Waals surface area contributed by atoms with Gasteiger partial charge in [0.2, 0.25) is 0 Å². The van der Waals surface area contributed by atoms with E-state index in [4.69, 9.17) is 0 Å². The lowest BCUT2D eigenvalue weighted by Crippen LogP contribution is -2.13. The largest absolute Gasteiger partial charge is 0.0654 e. The molecule has 0 aliphatic heterocycles. The van der Waals surface area contributed by atoms with Crippen LogP contribution < -0.4 is 0 Å². The average Bonchev–Trinajstić information content (AvgIpc) is 2.84. The van der Waals surface area contributed by atoms with Crippen molar-refractivity contribution in [3.8, 4) is 0 Å². The third kappa shape index (κ3) is 22.9. The summed E-state index contributed by atoms with van der Waals surface area (Å²) < 4.78 is 0. The molecule has 0 bridgehead atoms. The van der Waals surface area contributed by atoms with Gasteiger partial charge >= 0.3 is 0 Å². The lowest BCUT2D eigenvalue weighted by atomic mass is 10.1. The summed E-state index contributed by atoms with van der Waals surface area (Å²) in [6, 6.07) is 0. The van der Waals surface area contributed by atoms with Gasteiger partial charge in [0.25, 0.3) is 0 Å². The molecule has 0 aliphatic carbocycles. The molecule has 0 saturated carbocycles. The van der Waals surface area contributed by atoms with Crippen molar-refractivity contribution < 1.29 is 0 Å². The Hall–Kier alpha value is 0.430. The monoisotopic (exact) mass is 498 g/mol. The molecule has 0 aromatic rings. The maximum atomic E-state index is 2.36. The van der Waals surface area contributed by atoms with Crippen LogP contribution in [0.25, 0.3) is 0 Å². The van der Waals surface area contributed by atoms with Crippen LogP contribution in [0.3, 0.4) is 0 Å². The van der Waals surface area contributed by atoms with Crippen LogP contribution in [0.5, 0.6) is 0 Å². The molecule has 0 heterocycles. The normalized spacial score (nSPS) is 12.0. The van der Waals surface area contributed by atoms with Crippen LogP contribution in [0.1, 0.15) is 188 Å². The highest BCUT2D eigenvalue weighted by molar-refractivity contribution is 7.75. The van der Waals surface area contributed by atoms with Crippen LogP contribution in [0.15, 0.2) is 0 Å². The molecule has 206 valence electrons. The molecule has 34 heavy (non-hydrogen) atoms. The van der Waals surface area contributed by atoms with Crippen LogP contribution in [0, 0.1) is 0 Å². The Morgan fingerprint density at radius 1 is 0.235 bits per heavy atom. The number of hydrogen-bond donors (Lipinski definition) is 0. The van der Waals surface area contributed by atoms with Crippen molar-refractivity contribution in [2.24, 2.45) is 0 Å². The molecule has 0 aromatic heterocycles. The van der Waals surface area contributed by atoms with Gasteiger partial charge in [-0.15, -0.1) is 0 Å². The predicted molar refractivity (Wildman–Crippen MR) is 165 cm³/mol. The van der Waals surface area contributed by atoms with Gasteiger partial charge in [0.15, 0.2) is 0 Å². The minimum absolute atomic E-state index is 0.716. The van der Waals surface area contributed by atoms with Crippen molar-refractivity contribution in [1.29, 1.82) is 0 Å².